The van der Waals surface area contributed by atoms with E-state index in [0.717, 1.165) is 122 Å². The van der Waals surface area contributed by atoms with Crippen LogP contribution in [0.2, 0.25) is 0 Å². The minimum Gasteiger partial charge on any atom is -0.457 e. The molecule has 0 aliphatic rings. The Balaban J connectivity index is 4.23. The molecule has 0 aliphatic carbocycles. The summed E-state index contributed by atoms with van der Waals surface area (Å²) in [6, 6.07) is 0. The molecular weight excluding hydrogens is 824 g/mol. The molecule has 3 atom stereocenters. The van der Waals surface area contributed by atoms with Crippen LogP contribution in [0.25, 0.3) is 0 Å². The Labute approximate surface area is 390 Å². The van der Waals surface area contributed by atoms with Gasteiger partial charge in [0.15, 0.2) is 0 Å². The van der Waals surface area contributed by atoms with Crippen molar-refractivity contribution in [2.24, 2.45) is 0 Å². The second-order valence-electron chi connectivity index (χ2n) is 15.7. The lowest BCUT2D eigenvalue weighted by Gasteiger charge is -2.20. The van der Waals surface area contributed by atoms with E-state index in [1.807, 2.05) is 0 Å². The average Bonchev–Trinajstić information content (AvgIpc) is 3.29. The van der Waals surface area contributed by atoms with Crippen molar-refractivity contribution in [3.63, 3.8) is 0 Å². The fraction of sp³-hybridized carbons (Fsp3) is 0.611. The van der Waals surface area contributed by atoms with Crippen molar-refractivity contribution < 1.29 is 43.0 Å². The molecule has 0 rings (SSSR count). The molecule has 9 nitrogen and oxygen atoms in total. The Kier molecular flexibility index (Phi) is 46.9. The van der Waals surface area contributed by atoms with E-state index in [2.05, 4.69) is 135 Å². The SMILES string of the molecule is CC/C=C\C/C=C\C/C=C\C/C=C\C/C=C\CCCCCCCCOCC(COP(=O)(O)OCC(O)CO)OC(=O)CCCCCCC/C=C\C/C=C\C/C=C\C/C=C\C/C=C\CC. The van der Waals surface area contributed by atoms with Gasteiger partial charge in [-0.15, -0.1) is 0 Å². The largest absolute Gasteiger partial charge is 0.472 e. The van der Waals surface area contributed by atoms with E-state index in [0.29, 0.717) is 13.0 Å². The van der Waals surface area contributed by atoms with Gasteiger partial charge < -0.3 is 24.6 Å². The summed E-state index contributed by atoms with van der Waals surface area (Å²) >= 11 is 0. The monoisotopic (exact) mass is 913 g/mol. The lowest BCUT2D eigenvalue weighted by Crippen LogP contribution is -2.29. The summed E-state index contributed by atoms with van der Waals surface area (Å²) in [6.45, 7) is 3.20. The van der Waals surface area contributed by atoms with Gasteiger partial charge in [0.05, 0.1) is 26.4 Å². The molecule has 0 radical (unpaired) electrons. The number of aliphatic hydroxyl groups excluding tert-OH is 2. The molecule has 364 valence electrons. The normalized spacial score (nSPS) is 14.9. The molecule has 0 saturated heterocycles. The summed E-state index contributed by atoms with van der Waals surface area (Å²) in [4.78, 5) is 22.7. The zero-order valence-corrected chi connectivity index (χ0v) is 40.8. The number of unbranched alkanes of at least 4 members (excludes halogenated alkanes) is 11. The maximum Gasteiger partial charge on any atom is 0.472 e. The molecule has 10 heteroatoms. The van der Waals surface area contributed by atoms with E-state index in [1.54, 1.807) is 0 Å². The van der Waals surface area contributed by atoms with Gasteiger partial charge in [0.1, 0.15) is 12.2 Å². The first-order valence-electron chi connectivity index (χ1n) is 24.5. The number of phosphoric acid groups is 1. The van der Waals surface area contributed by atoms with Crippen molar-refractivity contribution >= 4 is 13.8 Å². The van der Waals surface area contributed by atoms with Crippen molar-refractivity contribution in [3.8, 4) is 0 Å². The van der Waals surface area contributed by atoms with Gasteiger partial charge in [-0.05, 0) is 103 Å². The number of phosphoric ester groups is 1. The highest BCUT2D eigenvalue weighted by Crippen LogP contribution is 2.43. The fourth-order valence-corrected chi connectivity index (χ4v) is 6.79. The first kappa shape index (κ1) is 60.9. The highest BCUT2D eigenvalue weighted by Gasteiger charge is 2.26. The van der Waals surface area contributed by atoms with Crippen molar-refractivity contribution in [2.45, 2.75) is 180 Å². The smallest absolute Gasteiger partial charge is 0.457 e. The van der Waals surface area contributed by atoms with Crippen LogP contribution in [-0.4, -0.2) is 66.3 Å². The van der Waals surface area contributed by atoms with Crippen molar-refractivity contribution in [1.82, 2.24) is 0 Å². The minimum atomic E-state index is -4.54. The summed E-state index contributed by atoms with van der Waals surface area (Å²) < 4.78 is 33.5. The Morgan fingerprint density at radius 1 is 0.484 bits per heavy atom. The molecule has 64 heavy (non-hydrogen) atoms. The number of allylic oxidation sites excluding steroid dienone is 20. The number of hydrogen-bond acceptors (Lipinski definition) is 8. The number of aliphatic hydroxyl groups is 2. The summed E-state index contributed by atoms with van der Waals surface area (Å²) in [7, 11) is -4.54. The minimum absolute atomic E-state index is 0.0219. The number of hydrogen-bond donors (Lipinski definition) is 3. The molecule has 0 aromatic rings. The molecule has 0 aliphatic heterocycles. The third-order valence-electron chi connectivity index (χ3n) is 9.64. The van der Waals surface area contributed by atoms with Crippen LogP contribution in [0, 0.1) is 0 Å². The van der Waals surface area contributed by atoms with Gasteiger partial charge in [-0.1, -0.05) is 180 Å². The first-order valence-corrected chi connectivity index (χ1v) is 26.0. The third-order valence-corrected chi connectivity index (χ3v) is 10.6. The molecular formula is C54H89O9P. The van der Waals surface area contributed by atoms with Gasteiger partial charge in [-0.2, -0.15) is 0 Å². The molecule has 0 aromatic carbocycles. The molecule has 0 aromatic heterocycles. The van der Waals surface area contributed by atoms with Gasteiger partial charge in [-0.25, -0.2) is 4.57 Å². The number of ether oxygens (including phenoxy) is 2. The topological polar surface area (TPSA) is 132 Å². The Hall–Kier alpha value is -3.14. The summed E-state index contributed by atoms with van der Waals surface area (Å²) in [5.41, 5.74) is 0. The van der Waals surface area contributed by atoms with Crippen LogP contribution >= 0.6 is 7.82 Å². The van der Waals surface area contributed by atoms with E-state index < -0.39 is 45.8 Å². The third kappa shape index (κ3) is 48.3. The molecule has 0 saturated carbocycles. The van der Waals surface area contributed by atoms with E-state index >= 15 is 0 Å². The predicted octanol–water partition coefficient (Wildman–Crippen LogP) is 14.4. The van der Waals surface area contributed by atoms with Crippen molar-refractivity contribution in [2.75, 3.05) is 33.0 Å². The Bertz CT molecular complexity index is 1400. The van der Waals surface area contributed by atoms with Crippen LogP contribution in [0.3, 0.4) is 0 Å². The lowest BCUT2D eigenvalue weighted by molar-refractivity contribution is -0.154. The number of esters is 1. The van der Waals surface area contributed by atoms with Crippen LogP contribution in [0.5, 0.6) is 0 Å². The fourth-order valence-electron chi connectivity index (χ4n) is 6.00. The summed E-state index contributed by atoms with van der Waals surface area (Å²) in [6.07, 6.45) is 65.8. The molecule has 0 fully saturated rings. The van der Waals surface area contributed by atoms with Crippen LogP contribution in [0.1, 0.15) is 168 Å². The van der Waals surface area contributed by atoms with Crippen molar-refractivity contribution in [3.05, 3.63) is 122 Å². The highest BCUT2D eigenvalue weighted by atomic mass is 31.2. The summed E-state index contributed by atoms with van der Waals surface area (Å²) in [5.74, 6) is -0.412. The second-order valence-corrected chi connectivity index (χ2v) is 17.2. The molecule has 3 unspecified atom stereocenters. The Morgan fingerprint density at radius 3 is 1.27 bits per heavy atom. The summed E-state index contributed by atoms with van der Waals surface area (Å²) in [5, 5.41) is 18.4. The zero-order valence-electron chi connectivity index (χ0n) is 39.9. The average molecular weight is 913 g/mol. The van der Waals surface area contributed by atoms with E-state index in [4.69, 9.17) is 23.6 Å². The maximum atomic E-state index is 12.7. The zero-order chi connectivity index (χ0) is 46.7. The van der Waals surface area contributed by atoms with Crippen molar-refractivity contribution in [1.29, 1.82) is 0 Å². The standard InChI is InChI=1S/C54H89O9P/c1-3-5-7-9-11-13-15-17-19-21-23-25-27-29-31-33-35-37-39-41-43-45-47-60-50-53(51-62-64(58,59)61-49-52(56)48-55)63-54(57)46-44-42-40-38-36-34-32-30-28-26-24-22-20-18-16-14-12-10-8-6-4-2/h5-8,11-14,17-20,23-26,29-32,52-53,55-56H,3-4,9-10,15-16,21-22,27-28,33-51H2,1-2H3,(H,58,59)/b7-5-,8-6-,13-11-,14-12-,19-17-,20-18-,25-23-,26-24-,31-29-,32-30-. The second kappa shape index (κ2) is 49.3. The van der Waals surface area contributed by atoms with Crippen LogP contribution in [0.15, 0.2) is 122 Å². The van der Waals surface area contributed by atoms with Crippen LogP contribution in [0.4, 0.5) is 0 Å². The van der Waals surface area contributed by atoms with E-state index in [9.17, 15) is 19.4 Å². The Morgan fingerprint density at radius 2 is 0.844 bits per heavy atom. The molecule has 3 N–H and O–H groups in total. The van der Waals surface area contributed by atoms with Crippen LogP contribution < -0.4 is 0 Å². The maximum absolute atomic E-state index is 12.7. The molecule has 0 amide bonds. The van der Waals surface area contributed by atoms with E-state index in [-0.39, 0.29) is 13.0 Å². The van der Waals surface area contributed by atoms with Crippen LogP contribution in [-0.2, 0) is 27.9 Å². The van der Waals surface area contributed by atoms with Gasteiger partial charge >= 0.3 is 13.8 Å². The number of carbonyl (C=O) groups excluding carboxylic acids is 1. The predicted molar refractivity (Wildman–Crippen MR) is 269 cm³/mol. The highest BCUT2D eigenvalue weighted by molar-refractivity contribution is 7.47. The van der Waals surface area contributed by atoms with Gasteiger partial charge in [0, 0.05) is 13.0 Å². The van der Waals surface area contributed by atoms with Gasteiger partial charge in [-0.3, -0.25) is 13.8 Å². The molecule has 0 spiro atoms. The molecule has 0 bridgehead atoms. The first-order chi connectivity index (χ1) is 31.3. The van der Waals surface area contributed by atoms with E-state index in [1.165, 1.54) is 19.3 Å². The molecule has 0 heterocycles. The number of rotatable bonds is 45. The van der Waals surface area contributed by atoms with Gasteiger partial charge in [0.25, 0.3) is 0 Å². The lowest BCUT2D eigenvalue weighted by atomic mass is 10.1. The number of carbonyl (C=O) groups is 1. The quantitative estimate of drug-likeness (QED) is 0.0236. The van der Waals surface area contributed by atoms with Gasteiger partial charge in [0.2, 0.25) is 0 Å².